The fourth-order valence-electron chi connectivity index (χ4n) is 3.38. The molecule has 0 aliphatic heterocycles. The zero-order chi connectivity index (χ0) is 38.5. The van der Waals surface area contributed by atoms with Gasteiger partial charge in [-0.2, -0.15) is 11.8 Å². The van der Waals surface area contributed by atoms with Gasteiger partial charge in [0.15, 0.2) is 5.11 Å². The van der Waals surface area contributed by atoms with Crippen LogP contribution in [0.25, 0.3) is 0 Å². The molecule has 0 unspecified atom stereocenters. The Hall–Kier alpha value is -3.67. The van der Waals surface area contributed by atoms with Crippen LogP contribution in [-0.2, 0) is 19.2 Å². The number of nitrogens with one attached hydrogen (secondary N) is 5. The fourth-order valence-corrected chi connectivity index (χ4v) is 4.57. The summed E-state index contributed by atoms with van der Waals surface area (Å²) in [6, 6.07) is 9.72. The van der Waals surface area contributed by atoms with Crippen LogP contribution in [0, 0.1) is 0 Å². The van der Waals surface area contributed by atoms with Crippen molar-refractivity contribution in [3.8, 4) is 0 Å². The molecule has 0 radical (unpaired) electrons. The van der Waals surface area contributed by atoms with E-state index < -0.39 is 16.8 Å². The van der Waals surface area contributed by atoms with Gasteiger partial charge in [-0.15, -0.1) is 0 Å². The molecule has 0 fully saturated rings. The first kappa shape index (κ1) is 50.7. The number of thiocarbonyl (C=S) groups is 1. The second kappa shape index (κ2) is 36.6. The van der Waals surface area contributed by atoms with Crippen LogP contribution in [0.3, 0.4) is 0 Å². The molecule has 9 N–H and O–H groups in total. The van der Waals surface area contributed by atoms with Crippen molar-refractivity contribution < 1.29 is 37.9 Å². The van der Waals surface area contributed by atoms with Crippen LogP contribution >= 0.6 is 34.9 Å². The highest BCUT2D eigenvalue weighted by Gasteiger charge is 2.09. The lowest BCUT2D eigenvalue weighted by atomic mass is 10.1. The van der Waals surface area contributed by atoms with E-state index in [2.05, 4.69) is 52.9 Å². The molecule has 1 aromatic rings. The van der Waals surface area contributed by atoms with Crippen LogP contribution in [-0.4, -0.2) is 65.3 Å². The Balaban J connectivity index is -0.000000598. The minimum Gasteiger partial charge on any atom is -0.481 e. The number of unbranched alkanes of at least 4 members (excludes halogenated alkanes) is 6. The first-order valence-electron chi connectivity index (χ1n) is 15.9. The molecule has 0 aliphatic rings. The second-order valence-corrected chi connectivity index (χ2v) is 13.1. The van der Waals surface area contributed by atoms with Gasteiger partial charge in [0.1, 0.15) is 0 Å². The van der Waals surface area contributed by atoms with E-state index in [1.165, 1.54) is 24.8 Å². The molecular formula is C34H57N5O8S3. The number of carbonyl (C=O) groups excluding carboxylic acids is 3. The molecule has 284 valence electrons. The van der Waals surface area contributed by atoms with Gasteiger partial charge in [0, 0.05) is 42.9 Å². The highest BCUT2D eigenvalue weighted by atomic mass is 32.3. The lowest BCUT2D eigenvalue weighted by Crippen LogP contribution is -2.22. The zero-order valence-corrected chi connectivity index (χ0v) is 31.5. The van der Waals surface area contributed by atoms with Crippen LogP contribution in [0.5, 0.6) is 0 Å². The van der Waals surface area contributed by atoms with Crippen molar-refractivity contribution in [3.63, 3.8) is 0 Å². The lowest BCUT2D eigenvalue weighted by Gasteiger charge is -2.18. The third-order valence-corrected chi connectivity index (χ3v) is 7.37. The van der Waals surface area contributed by atoms with Crippen LogP contribution in [0.4, 0.5) is 5.69 Å². The topological polar surface area (TPSA) is 209 Å². The maximum absolute atomic E-state index is 10.9. The molecule has 1 aromatic carbocycles. The quantitative estimate of drug-likeness (QED) is 0.0425. The second-order valence-electron chi connectivity index (χ2n) is 10.0. The van der Waals surface area contributed by atoms with E-state index >= 15 is 0 Å². The number of thioether (sulfide) groups is 1. The van der Waals surface area contributed by atoms with E-state index in [-0.39, 0.29) is 29.9 Å². The maximum atomic E-state index is 10.9. The number of carboxylic acid groups (broad SMARTS) is 1. The Labute approximate surface area is 309 Å². The predicted molar refractivity (Wildman–Crippen MR) is 213 cm³/mol. The van der Waals surface area contributed by atoms with E-state index in [1.807, 2.05) is 36.6 Å². The summed E-state index contributed by atoms with van der Waals surface area (Å²) in [7, 11) is -3.33. The van der Waals surface area contributed by atoms with Crippen LogP contribution in [0.1, 0.15) is 77.0 Å². The normalized spacial score (nSPS) is 9.92. The first-order valence-corrected chi connectivity index (χ1v) is 19.4. The third-order valence-electron chi connectivity index (χ3n) is 5.70. The smallest absolute Gasteiger partial charge is 0.303 e. The van der Waals surface area contributed by atoms with Crippen LogP contribution in [0.15, 0.2) is 81.4 Å². The van der Waals surface area contributed by atoms with Gasteiger partial charge >= 0.3 is 5.97 Å². The Kier molecular flexibility index (Phi) is 37.1. The average molecular weight is 760 g/mol. The highest BCUT2D eigenvalue weighted by molar-refractivity contribution is 8.19. The van der Waals surface area contributed by atoms with E-state index in [0.29, 0.717) is 37.2 Å². The predicted octanol–water partition coefficient (Wildman–Crippen LogP) is 7.21. The molecule has 1 rings (SSSR count). The molecule has 13 nitrogen and oxygen atoms in total. The van der Waals surface area contributed by atoms with Gasteiger partial charge in [-0.1, -0.05) is 70.2 Å². The Bertz CT molecular complexity index is 1120. The van der Waals surface area contributed by atoms with Crippen molar-refractivity contribution >= 4 is 69.3 Å². The molecule has 0 atom stereocenters. The molecule has 0 aromatic heterocycles. The average Bonchev–Trinajstić information content (AvgIpc) is 3.05. The largest absolute Gasteiger partial charge is 0.481 e. The van der Waals surface area contributed by atoms with Gasteiger partial charge in [0.2, 0.25) is 17.7 Å². The molecular weight excluding hydrogens is 703 g/mol. The molecule has 0 saturated carbocycles. The van der Waals surface area contributed by atoms with Crippen molar-refractivity contribution in [2.45, 2.75) is 77.0 Å². The maximum Gasteiger partial charge on any atom is 0.303 e. The summed E-state index contributed by atoms with van der Waals surface area (Å²) in [6.45, 7) is 13.6. The fraction of sp³-hybridized carbons (Fsp3) is 0.441. The number of amides is 3. The molecule has 0 spiro atoms. The Morgan fingerprint density at radius 1 is 0.680 bits per heavy atom. The zero-order valence-electron chi connectivity index (χ0n) is 29.1. The third kappa shape index (κ3) is 44.3. The molecule has 16 heteroatoms. The van der Waals surface area contributed by atoms with E-state index in [0.717, 1.165) is 50.0 Å². The number of benzene rings is 1. The number of hydrogen-bond acceptors (Lipinski definition) is 9. The Morgan fingerprint density at radius 2 is 1.10 bits per heavy atom. The van der Waals surface area contributed by atoms with Crippen molar-refractivity contribution in [1.29, 1.82) is 0 Å². The van der Waals surface area contributed by atoms with E-state index in [4.69, 9.17) is 31.0 Å². The lowest BCUT2D eigenvalue weighted by molar-refractivity contribution is -0.137. The van der Waals surface area contributed by atoms with Gasteiger partial charge in [-0.05, 0) is 81.1 Å². The van der Waals surface area contributed by atoms with E-state index in [9.17, 15) is 19.2 Å². The SMILES string of the molecule is C=CNC(=O)CCCCCCC(=O)O.C=CNC(=O)CCCCCCS(O)(O)O.C=CNC(=O)CCSC.C=CNC(=S)Nc1ccccc1. The summed E-state index contributed by atoms with van der Waals surface area (Å²) in [5, 5.41) is 22.1. The van der Waals surface area contributed by atoms with Gasteiger partial charge in [-0.25, -0.2) is 0 Å². The number of rotatable bonds is 22. The number of anilines is 1. The van der Waals surface area contributed by atoms with E-state index in [1.54, 1.807) is 11.8 Å². The number of carboxylic acids is 1. The van der Waals surface area contributed by atoms with Gasteiger partial charge in [0.05, 0.1) is 10.9 Å². The summed E-state index contributed by atoms with van der Waals surface area (Å²) < 4.78 is 26.0. The highest BCUT2D eigenvalue weighted by Crippen LogP contribution is 2.33. The molecule has 0 heterocycles. The molecule has 0 bridgehead atoms. The Morgan fingerprint density at radius 3 is 1.50 bits per heavy atom. The van der Waals surface area contributed by atoms with Crippen molar-refractivity contribution in [2.24, 2.45) is 0 Å². The number of aliphatic carboxylic acids is 1. The summed E-state index contributed by atoms with van der Waals surface area (Å²) in [5.41, 5.74) is 0.969. The summed E-state index contributed by atoms with van der Waals surface area (Å²) in [4.78, 5) is 42.6. The number of hydrogen-bond donors (Lipinski definition) is 9. The van der Waals surface area contributed by atoms with Crippen LogP contribution < -0.4 is 26.6 Å². The molecule has 3 amide bonds. The van der Waals surface area contributed by atoms with Gasteiger partial charge < -0.3 is 45.3 Å². The monoisotopic (exact) mass is 759 g/mol. The standard InChI is InChI=1S/C10H17NO3.C9H10N2S.C9H19NO4S.C6H11NOS/c1-2-11-9(12)7-5-3-4-6-8-10(13)14;1-2-10-9(12)11-8-6-4-3-5-7-8;1-2-10-9(11)7-5-3-4-6-8-15(12,13)14;1-3-7-6(8)4-5-9-2/h2H,1,3-8H2,(H,11,12)(H,13,14);2-7H,1H2,(H2,10,11,12);2,12-14H,1,3-8H2,(H,10,11);3H,1,4-5H2,2H3,(H,7,8). The summed E-state index contributed by atoms with van der Waals surface area (Å²) in [5.74, 6) is 0.0920. The van der Waals surface area contributed by atoms with Gasteiger partial charge in [-0.3, -0.25) is 19.2 Å². The summed E-state index contributed by atoms with van der Waals surface area (Å²) >= 11 is 6.60. The van der Waals surface area contributed by atoms with Crippen molar-refractivity contribution in [1.82, 2.24) is 21.3 Å². The number of carbonyl (C=O) groups is 4. The molecule has 0 aliphatic carbocycles. The number of para-hydroxylation sites is 1. The van der Waals surface area contributed by atoms with Crippen molar-refractivity contribution in [2.75, 3.05) is 23.1 Å². The summed E-state index contributed by atoms with van der Waals surface area (Å²) in [6.07, 6.45) is 15.6. The minimum absolute atomic E-state index is 0.0197. The molecule has 0 saturated heterocycles. The molecule has 50 heavy (non-hydrogen) atoms. The first-order chi connectivity index (χ1) is 23.8. The van der Waals surface area contributed by atoms with Gasteiger partial charge in [0.25, 0.3) is 0 Å². The minimum atomic E-state index is -3.33. The van der Waals surface area contributed by atoms with Crippen LogP contribution in [0.2, 0.25) is 0 Å². The van der Waals surface area contributed by atoms with Crippen molar-refractivity contribution in [3.05, 3.63) is 81.4 Å².